The quantitative estimate of drug-likeness (QED) is 0.889. The van der Waals surface area contributed by atoms with Crippen LogP contribution in [0.15, 0.2) is 24.3 Å². The monoisotopic (exact) mass is 299 g/mol. The number of benzene rings is 1. The highest BCUT2D eigenvalue weighted by Gasteiger charge is 2.28. The van der Waals surface area contributed by atoms with Crippen molar-refractivity contribution in [2.45, 2.75) is 45.6 Å². The van der Waals surface area contributed by atoms with E-state index in [1.165, 1.54) is 0 Å². The molecule has 3 rings (SSSR count). The summed E-state index contributed by atoms with van der Waals surface area (Å²) in [6.07, 6.45) is 4.19. The van der Waals surface area contributed by atoms with Gasteiger partial charge in [0.15, 0.2) is 5.82 Å². The summed E-state index contributed by atoms with van der Waals surface area (Å²) in [6.45, 7) is 4.04. The zero-order valence-corrected chi connectivity index (χ0v) is 13.0. The molecule has 0 saturated heterocycles. The van der Waals surface area contributed by atoms with Gasteiger partial charge >= 0.3 is 0 Å². The van der Waals surface area contributed by atoms with Crippen molar-refractivity contribution in [1.29, 1.82) is 0 Å². The Labute approximate surface area is 129 Å². The van der Waals surface area contributed by atoms with Crippen LogP contribution in [0.25, 0.3) is 11.4 Å². The van der Waals surface area contributed by atoms with Crippen LogP contribution in [0.2, 0.25) is 0 Å². The predicted octanol–water partition coefficient (Wildman–Crippen LogP) is 3.05. The summed E-state index contributed by atoms with van der Waals surface area (Å²) in [7, 11) is 0. The Hall–Kier alpha value is -2.24. The minimum Gasteiger partial charge on any atom is -0.326 e. The zero-order valence-electron chi connectivity index (χ0n) is 13.0. The first-order valence-electron chi connectivity index (χ1n) is 7.88. The summed E-state index contributed by atoms with van der Waals surface area (Å²) in [6, 6.07) is 8.14. The summed E-state index contributed by atoms with van der Waals surface area (Å²) in [5.41, 5.74) is 1.78. The molecular formula is C16H21N5O. The maximum Gasteiger partial charge on any atom is 0.227 e. The van der Waals surface area contributed by atoms with Gasteiger partial charge in [0.2, 0.25) is 5.91 Å². The third-order valence-corrected chi connectivity index (χ3v) is 3.97. The number of tetrazole rings is 1. The number of carbonyl (C=O) groups is 1. The van der Waals surface area contributed by atoms with Crippen LogP contribution in [0.3, 0.4) is 0 Å². The molecule has 2 aromatic rings. The Morgan fingerprint density at radius 2 is 2.09 bits per heavy atom. The fourth-order valence-electron chi connectivity index (χ4n) is 2.48. The number of aromatic nitrogens is 4. The minimum atomic E-state index is 0.0341. The molecule has 22 heavy (non-hydrogen) atoms. The van der Waals surface area contributed by atoms with E-state index in [9.17, 15) is 4.79 Å². The van der Waals surface area contributed by atoms with Crippen LogP contribution in [-0.4, -0.2) is 26.1 Å². The molecule has 1 saturated carbocycles. The van der Waals surface area contributed by atoms with Crippen molar-refractivity contribution in [1.82, 2.24) is 20.2 Å². The van der Waals surface area contributed by atoms with Gasteiger partial charge in [0.05, 0.1) is 6.04 Å². The maximum atomic E-state index is 12.0. The van der Waals surface area contributed by atoms with Crippen molar-refractivity contribution >= 4 is 11.6 Å². The SMILES string of the molecule is CCCC(C)C(=O)Nc1ccc(-c2nnnn2C2CC2)cc1. The lowest BCUT2D eigenvalue weighted by Gasteiger charge is -2.11. The van der Waals surface area contributed by atoms with Gasteiger partial charge in [-0.05, 0) is 54.0 Å². The number of hydrogen-bond donors (Lipinski definition) is 1. The van der Waals surface area contributed by atoms with Crippen molar-refractivity contribution < 1.29 is 4.79 Å². The average Bonchev–Trinajstić information content (AvgIpc) is 3.25. The third kappa shape index (κ3) is 3.16. The van der Waals surface area contributed by atoms with E-state index in [4.69, 9.17) is 0 Å². The van der Waals surface area contributed by atoms with Crippen molar-refractivity contribution in [2.24, 2.45) is 5.92 Å². The highest BCUT2D eigenvalue weighted by Crippen LogP contribution is 2.36. The number of rotatable bonds is 6. The summed E-state index contributed by atoms with van der Waals surface area (Å²) in [5, 5.41) is 14.9. The normalized spacial score (nSPS) is 15.5. The Kier molecular flexibility index (Phi) is 4.18. The Morgan fingerprint density at radius 1 is 1.36 bits per heavy atom. The molecule has 116 valence electrons. The van der Waals surface area contributed by atoms with Gasteiger partial charge in [0.25, 0.3) is 0 Å². The van der Waals surface area contributed by atoms with E-state index in [1.807, 2.05) is 35.9 Å². The molecule has 1 aliphatic carbocycles. The lowest BCUT2D eigenvalue weighted by Crippen LogP contribution is -2.20. The summed E-state index contributed by atoms with van der Waals surface area (Å²) < 4.78 is 1.89. The maximum absolute atomic E-state index is 12.0. The molecule has 6 heteroatoms. The number of hydrogen-bond acceptors (Lipinski definition) is 4. The smallest absolute Gasteiger partial charge is 0.227 e. The van der Waals surface area contributed by atoms with E-state index < -0.39 is 0 Å². The number of amides is 1. The van der Waals surface area contributed by atoms with Gasteiger partial charge in [0, 0.05) is 17.2 Å². The van der Waals surface area contributed by atoms with Crippen LogP contribution in [-0.2, 0) is 4.79 Å². The van der Waals surface area contributed by atoms with Crippen LogP contribution in [0.5, 0.6) is 0 Å². The molecule has 1 fully saturated rings. The first-order chi connectivity index (χ1) is 10.7. The molecule has 1 aromatic carbocycles. The van der Waals surface area contributed by atoms with Gasteiger partial charge in [-0.25, -0.2) is 4.68 Å². The number of nitrogens with zero attached hydrogens (tertiary/aromatic N) is 4. The Morgan fingerprint density at radius 3 is 2.73 bits per heavy atom. The van der Waals surface area contributed by atoms with E-state index in [0.29, 0.717) is 6.04 Å². The Balaban J connectivity index is 1.70. The van der Waals surface area contributed by atoms with E-state index in [1.54, 1.807) is 0 Å². The van der Waals surface area contributed by atoms with Crippen LogP contribution in [0.1, 0.15) is 45.6 Å². The second kappa shape index (κ2) is 6.25. The number of nitrogens with one attached hydrogen (secondary N) is 1. The van der Waals surface area contributed by atoms with Crippen LogP contribution in [0, 0.1) is 5.92 Å². The molecule has 1 amide bonds. The molecule has 1 N–H and O–H groups in total. The Bertz CT molecular complexity index is 645. The lowest BCUT2D eigenvalue weighted by molar-refractivity contribution is -0.119. The highest BCUT2D eigenvalue weighted by atomic mass is 16.1. The number of anilines is 1. The first-order valence-corrected chi connectivity index (χ1v) is 7.88. The van der Waals surface area contributed by atoms with E-state index in [0.717, 1.165) is 42.8 Å². The van der Waals surface area contributed by atoms with Crippen molar-refractivity contribution in [3.05, 3.63) is 24.3 Å². The first kappa shape index (κ1) is 14.7. The second-order valence-electron chi connectivity index (χ2n) is 5.93. The van der Waals surface area contributed by atoms with E-state index >= 15 is 0 Å². The standard InChI is InChI=1S/C16H21N5O/c1-3-4-11(2)16(22)17-13-7-5-12(6-8-13)15-18-19-20-21(15)14-9-10-14/h5-8,11,14H,3-4,9-10H2,1-2H3,(H,17,22). The lowest BCUT2D eigenvalue weighted by atomic mass is 10.1. The molecule has 1 unspecified atom stereocenters. The van der Waals surface area contributed by atoms with Crippen LogP contribution in [0.4, 0.5) is 5.69 Å². The second-order valence-corrected chi connectivity index (χ2v) is 5.93. The molecule has 1 aliphatic rings. The zero-order chi connectivity index (χ0) is 15.5. The van der Waals surface area contributed by atoms with Crippen molar-refractivity contribution in [2.75, 3.05) is 5.32 Å². The van der Waals surface area contributed by atoms with Crippen molar-refractivity contribution in [3.63, 3.8) is 0 Å². The minimum absolute atomic E-state index is 0.0341. The molecule has 0 aliphatic heterocycles. The molecule has 1 atom stereocenters. The fraction of sp³-hybridized carbons (Fsp3) is 0.500. The van der Waals surface area contributed by atoms with Crippen LogP contribution >= 0.6 is 0 Å². The van der Waals surface area contributed by atoms with E-state index in [2.05, 4.69) is 27.8 Å². The van der Waals surface area contributed by atoms with Crippen molar-refractivity contribution in [3.8, 4) is 11.4 Å². The molecule has 0 spiro atoms. The van der Waals surface area contributed by atoms with Gasteiger partial charge in [-0.3, -0.25) is 4.79 Å². The van der Waals surface area contributed by atoms with Gasteiger partial charge in [0.1, 0.15) is 0 Å². The molecule has 0 bridgehead atoms. The molecule has 1 aromatic heterocycles. The van der Waals surface area contributed by atoms with Crippen LogP contribution < -0.4 is 5.32 Å². The summed E-state index contributed by atoms with van der Waals surface area (Å²) in [4.78, 5) is 12.0. The topological polar surface area (TPSA) is 72.7 Å². The fourth-order valence-corrected chi connectivity index (χ4v) is 2.48. The average molecular weight is 299 g/mol. The largest absolute Gasteiger partial charge is 0.326 e. The van der Waals surface area contributed by atoms with E-state index in [-0.39, 0.29) is 11.8 Å². The molecule has 6 nitrogen and oxygen atoms in total. The van der Waals surface area contributed by atoms with Gasteiger partial charge < -0.3 is 5.32 Å². The summed E-state index contributed by atoms with van der Waals surface area (Å²) >= 11 is 0. The molecule has 0 radical (unpaired) electrons. The molecule has 1 heterocycles. The molecular weight excluding hydrogens is 278 g/mol. The summed E-state index contributed by atoms with van der Waals surface area (Å²) in [5.74, 6) is 0.893. The van der Waals surface area contributed by atoms with Gasteiger partial charge in [-0.2, -0.15) is 0 Å². The highest BCUT2D eigenvalue weighted by molar-refractivity contribution is 5.92. The predicted molar refractivity (Wildman–Crippen MR) is 84.2 cm³/mol. The number of carbonyl (C=O) groups excluding carboxylic acids is 1. The third-order valence-electron chi connectivity index (χ3n) is 3.97. The van der Waals surface area contributed by atoms with Gasteiger partial charge in [-0.1, -0.05) is 20.3 Å². The van der Waals surface area contributed by atoms with Gasteiger partial charge in [-0.15, -0.1) is 5.10 Å².